The molecular weight excluding hydrogens is 600 g/mol. The number of amides is 3. The van der Waals surface area contributed by atoms with Crippen LogP contribution >= 0.6 is 11.8 Å². The molecule has 0 aliphatic heterocycles. The zero-order valence-corrected chi connectivity index (χ0v) is 25.6. The van der Waals surface area contributed by atoms with E-state index >= 15 is 0 Å². The van der Waals surface area contributed by atoms with Gasteiger partial charge >= 0.3 is 0 Å². The van der Waals surface area contributed by atoms with Gasteiger partial charge in [0, 0.05) is 39.4 Å². The lowest BCUT2D eigenvalue weighted by Crippen LogP contribution is -2.30. The van der Waals surface area contributed by atoms with Gasteiger partial charge in [0.15, 0.2) is 0 Å². The number of fused-ring (bicyclic) bond motifs is 1. The topological polar surface area (TPSA) is 130 Å². The third-order valence-corrected chi connectivity index (χ3v) is 8.38. The number of rotatable bonds is 11. The number of hydrogen-bond donors (Lipinski definition) is 3. The predicted molar refractivity (Wildman–Crippen MR) is 183 cm³/mol. The molecule has 10 heteroatoms. The summed E-state index contributed by atoms with van der Waals surface area (Å²) in [6, 6.07) is 34.8. The van der Waals surface area contributed by atoms with Crippen molar-refractivity contribution in [3.05, 3.63) is 148 Å². The highest BCUT2D eigenvalue weighted by Gasteiger charge is 2.20. The highest BCUT2D eigenvalue weighted by molar-refractivity contribution is 8.00. The maximum absolute atomic E-state index is 13.5. The molecule has 0 aliphatic rings. The van der Waals surface area contributed by atoms with Gasteiger partial charge in [-0.2, -0.15) is 0 Å². The zero-order valence-electron chi connectivity index (χ0n) is 24.8. The molecule has 5 rings (SSSR count). The maximum Gasteiger partial charge on any atom is 0.272 e. The Labute approximate surface area is 269 Å². The summed E-state index contributed by atoms with van der Waals surface area (Å²) in [5.41, 5.74) is 1.90. The number of non-ortho nitro benzene ring substituents is 1. The quantitative estimate of drug-likeness (QED) is 0.0594. The molecule has 0 aromatic heterocycles. The van der Waals surface area contributed by atoms with Crippen molar-refractivity contribution < 1.29 is 19.3 Å². The van der Waals surface area contributed by atoms with E-state index in [-0.39, 0.29) is 17.3 Å². The number of nitro benzene ring substituents is 1. The Kier molecular flexibility index (Phi) is 10.2. The third kappa shape index (κ3) is 8.04. The Morgan fingerprint density at radius 2 is 1.52 bits per heavy atom. The third-order valence-electron chi connectivity index (χ3n) is 7.02. The molecule has 0 fully saturated rings. The number of benzene rings is 5. The molecule has 3 N–H and O–H groups in total. The van der Waals surface area contributed by atoms with Gasteiger partial charge in [-0.1, -0.05) is 67.6 Å². The Morgan fingerprint density at radius 3 is 2.26 bits per heavy atom. The molecule has 0 saturated heterocycles. The number of anilines is 2. The Morgan fingerprint density at radius 1 is 0.826 bits per heavy atom. The molecule has 5 aromatic carbocycles. The molecule has 0 heterocycles. The monoisotopic (exact) mass is 630 g/mol. The van der Waals surface area contributed by atoms with Crippen LogP contribution in [-0.4, -0.2) is 27.9 Å². The van der Waals surface area contributed by atoms with Crippen molar-refractivity contribution in [2.45, 2.75) is 23.5 Å². The molecule has 0 radical (unpaired) electrons. The number of nitrogens with one attached hydrogen (secondary N) is 3. The van der Waals surface area contributed by atoms with Crippen LogP contribution in [0.25, 0.3) is 16.8 Å². The zero-order chi connectivity index (χ0) is 32.5. The summed E-state index contributed by atoms with van der Waals surface area (Å²) in [4.78, 5) is 51.1. The number of carbonyl (C=O) groups is 3. The molecule has 9 nitrogen and oxygen atoms in total. The van der Waals surface area contributed by atoms with Crippen molar-refractivity contribution in [2.24, 2.45) is 0 Å². The molecule has 0 bridgehead atoms. The minimum atomic E-state index is -0.592. The van der Waals surface area contributed by atoms with E-state index in [1.54, 1.807) is 48.5 Å². The Hall–Kier alpha value is -5.74. The predicted octanol–water partition coefficient (Wildman–Crippen LogP) is 7.67. The molecule has 5 aromatic rings. The summed E-state index contributed by atoms with van der Waals surface area (Å²) in [6.45, 7) is 1.94. The van der Waals surface area contributed by atoms with E-state index in [9.17, 15) is 24.5 Å². The van der Waals surface area contributed by atoms with Crippen molar-refractivity contribution >= 4 is 63.4 Å². The second-order valence-corrected chi connectivity index (χ2v) is 11.5. The fourth-order valence-electron chi connectivity index (χ4n) is 4.68. The molecule has 46 heavy (non-hydrogen) atoms. The van der Waals surface area contributed by atoms with Crippen LogP contribution in [-0.2, 0) is 9.59 Å². The first-order valence-electron chi connectivity index (χ1n) is 14.5. The summed E-state index contributed by atoms with van der Waals surface area (Å²) < 4.78 is 0. The summed E-state index contributed by atoms with van der Waals surface area (Å²) in [7, 11) is 0. The molecule has 0 aliphatic carbocycles. The standard InChI is InChI=1S/C36H30N4O5S/c1-2-33(36(43)38-31-17-8-13-25-10-6-7-16-30(25)31)46-29-15-9-14-27(23-29)37-35(42)32(39-34(41)26-11-4-3-5-12-26)22-24-18-20-28(21-19-24)40(44)45/h3-23,33H,2H2,1H3,(H,37,42)(H,38,43)(H,39,41)/b32-22+. The van der Waals surface area contributed by atoms with Crippen LogP contribution in [0.5, 0.6) is 0 Å². The smallest absolute Gasteiger partial charge is 0.272 e. The largest absolute Gasteiger partial charge is 0.325 e. The molecule has 1 atom stereocenters. The van der Waals surface area contributed by atoms with Crippen molar-refractivity contribution in [3.63, 3.8) is 0 Å². The molecular formula is C36H30N4O5S. The van der Waals surface area contributed by atoms with Gasteiger partial charge in [0.25, 0.3) is 17.5 Å². The van der Waals surface area contributed by atoms with Crippen LogP contribution < -0.4 is 16.0 Å². The fraction of sp³-hybridized carbons (Fsp3) is 0.0833. The van der Waals surface area contributed by atoms with Crippen molar-refractivity contribution in [2.75, 3.05) is 10.6 Å². The summed E-state index contributed by atoms with van der Waals surface area (Å²) in [5, 5.41) is 21.2. The van der Waals surface area contributed by atoms with Gasteiger partial charge in [-0.05, 0) is 72.0 Å². The van der Waals surface area contributed by atoms with Crippen LogP contribution in [0, 0.1) is 10.1 Å². The lowest BCUT2D eigenvalue weighted by atomic mass is 10.1. The fourth-order valence-corrected chi connectivity index (χ4v) is 5.69. The van der Waals surface area contributed by atoms with Gasteiger partial charge in [0.05, 0.1) is 10.2 Å². The van der Waals surface area contributed by atoms with E-state index in [1.165, 1.54) is 42.1 Å². The summed E-state index contributed by atoms with van der Waals surface area (Å²) in [5.74, 6) is -1.21. The van der Waals surface area contributed by atoms with E-state index in [1.807, 2.05) is 55.5 Å². The second-order valence-electron chi connectivity index (χ2n) is 10.2. The first kappa shape index (κ1) is 31.7. The van der Waals surface area contributed by atoms with Crippen LogP contribution in [0.15, 0.2) is 132 Å². The molecule has 230 valence electrons. The molecule has 0 saturated carbocycles. The van der Waals surface area contributed by atoms with Crippen LogP contribution in [0.1, 0.15) is 29.3 Å². The van der Waals surface area contributed by atoms with E-state index in [4.69, 9.17) is 0 Å². The Balaban J connectivity index is 1.32. The minimum Gasteiger partial charge on any atom is -0.325 e. The van der Waals surface area contributed by atoms with Crippen molar-refractivity contribution in [1.29, 1.82) is 0 Å². The van der Waals surface area contributed by atoms with Gasteiger partial charge in [0.1, 0.15) is 5.70 Å². The van der Waals surface area contributed by atoms with Crippen LogP contribution in [0.3, 0.4) is 0 Å². The molecule has 0 spiro atoms. The van der Waals surface area contributed by atoms with Gasteiger partial charge in [0.2, 0.25) is 5.91 Å². The van der Waals surface area contributed by atoms with E-state index < -0.39 is 22.0 Å². The average molecular weight is 631 g/mol. The second kappa shape index (κ2) is 14.8. The van der Waals surface area contributed by atoms with Crippen molar-refractivity contribution in [1.82, 2.24) is 5.32 Å². The minimum absolute atomic E-state index is 0.0540. The van der Waals surface area contributed by atoms with E-state index in [2.05, 4.69) is 16.0 Å². The number of nitro groups is 1. The van der Waals surface area contributed by atoms with Gasteiger partial charge in [-0.15, -0.1) is 11.8 Å². The van der Waals surface area contributed by atoms with Gasteiger partial charge in [-0.3, -0.25) is 24.5 Å². The van der Waals surface area contributed by atoms with Crippen LogP contribution in [0.2, 0.25) is 0 Å². The summed E-state index contributed by atoms with van der Waals surface area (Å²) >= 11 is 1.38. The van der Waals surface area contributed by atoms with E-state index in [0.717, 1.165) is 21.4 Å². The Bertz CT molecular complexity index is 1920. The lowest BCUT2D eigenvalue weighted by molar-refractivity contribution is -0.384. The average Bonchev–Trinajstić information content (AvgIpc) is 3.07. The molecule has 1 unspecified atom stereocenters. The highest BCUT2D eigenvalue weighted by atomic mass is 32.2. The lowest BCUT2D eigenvalue weighted by Gasteiger charge is -2.17. The summed E-state index contributed by atoms with van der Waals surface area (Å²) in [6.07, 6.45) is 2.02. The van der Waals surface area contributed by atoms with E-state index in [0.29, 0.717) is 23.2 Å². The van der Waals surface area contributed by atoms with Crippen LogP contribution in [0.4, 0.5) is 17.1 Å². The van der Waals surface area contributed by atoms with Gasteiger partial charge in [-0.25, -0.2) is 0 Å². The number of hydrogen-bond acceptors (Lipinski definition) is 6. The first-order valence-corrected chi connectivity index (χ1v) is 15.4. The number of nitrogens with zero attached hydrogens (tertiary/aromatic N) is 1. The number of carbonyl (C=O) groups excluding carboxylic acids is 3. The first-order chi connectivity index (χ1) is 22.3. The molecule has 3 amide bonds. The number of thioether (sulfide) groups is 1. The normalized spacial score (nSPS) is 11.8. The highest BCUT2D eigenvalue weighted by Crippen LogP contribution is 2.30. The van der Waals surface area contributed by atoms with Crippen molar-refractivity contribution in [3.8, 4) is 0 Å². The van der Waals surface area contributed by atoms with Gasteiger partial charge < -0.3 is 16.0 Å². The maximum atomic E-state index is 13.5. The SMILES string of the molecule is CCC(Sc1cccc(NC(=O)/C(=C\c2ccc([N+](=O)[O-])cc2)NC(=O)c2ccccc2)c1)C(=O)Nc1cccc2ccccc12.